The molecular formula is C12H10N2O5S2. The highest BCUT2D eigenvalue weighted by Gasteiger charge is 2.21. The molecule has 3 rings (SSSR count). The predicted molar refractivity (Wildman–Crippen MR) is 78.1 cm³/mol. The van der Waals surface area contributed by atoms with Crippen LogP contribution in [0.4, 0.5) is 5.13 Å². The molecule has 0 fully saturated rings. The van der Waals surface area contributed by atoms with Crippen molar-refractivity contribution in [3.05, 3.63) is 23.6 Å². The number of benzene rings is 1. The summed E-state index contributed by atoms with van der Waals surface area (Å²) in [6.45, 7) is 0. The Kier molecular flexibility index (Phi) is 3.12. The smallest absolute Gasteiger partial charge is 0.295 e. The molecule has 0 aliphatic rings. The summed E-state index contributed by atoms with van der Waals surface area (Å²) in [6, 6.07) is 4.15. The maximum Gasteiger partial charge on any atom is 0.295 e. The number of nitrogens with two attached hydrogens (primary N) is 1. The molecular weight excluding hydrogens is 316 g/mol. The molecule has 3 N–H and O–H groups in total. The number of aromatic nitrogens is 1. The van der Waals surface area contributed by atoms with E-state index in [1.807, 2.05) is 0 Å². The van der Waals surface area contributed by atoms with Gasteiger partial charge in [0.2, 0.25) is 0 Å². The zero-order chi connectivity index (χ0) is 15.2. The highest BCUT2D eigenvalue weighted by molar-refractivity contribution is 7.86. The Balaban J connectivity index is 2.32. The SMILES string of the molecule is COc1ccc(S(=O)(=O)O)c2cc(-c3csc(N)n3)oc12. The Hall–Kier alpha value is -2.10. The lowest BCUT2D eigenvalue weighted by Gasteiger charge is -2.03. The number of anilines is 1. The maximum absolute atomic E-state index is 11.4. The highest BCUT2D eigenvalue weighted by atomic mass is 32.2. The Bertz CT molecular complexity index is 926. The van der Waals surface area contributed by atoms with Crippen LogP contribution >= 0.6 is 11.3 Å². The third-order valence-electron chi connectivity index (χ3n) is 2.88. The molecule has 0 aliphatic heterocycles. The number of rotatable bonds is 3. The van der Waals surface area contributed by atoms with Crippen LogP contribution < -0.4 is 10.5 Å². The number of fused-ring (bicyclic) bond motifs is 1. The standard InChI is InChI=1S/C12H10N2O5S2/c1-18-8-2-3-10(21(15,16)17)6-4-9(19-11(6)8)7-5-20-12(13)14-7/h2-5H,1H3,(H2,13,14)(H,15,16,17). The first kappa shape index (κ1) is 13.9. The Morgan fingerprint density at radius 1 is 1.43 bits per heavy atom. The van der Waals surface area contributed by atoms with Crippen LogP contribution in [0, 0.1) is 0 Å². The minimum atomic E-state index is -4.38. The molecule has 0 spiro atoms. The fourth-order valence-corrected chi connectivity index (χ4v) is 3.21. The largest absolute Gasteiger partial charge is 0.493 e. The molecule has 0 atom stereocenters. The van der Waals surface area contributed by atoms with Crippen molar-refractivity contribution in [1.82, 2.24) is 4.98 Å². The monoisotopic (exact) mass is 326 g/mol. The Morgan fingerprint density at radius 3 is 2.76 bits per heavy atom. The van der Waals surface area contributed by atoms with Gasteiger partial charge in [-0.1, -0.05) is 0 Å². The van der Waals surface area contributed by atoms with Crippen LogP contribution in [0.5, 0.6) is 5.75 Å². The average Bonchev–Trinajstić information content (AvgIpc) is 3.01. The van der Waals surface area contributed by atoms with Crippen molar-refractivity contribution in [1.29, 1.82) is 0 Å². The molecule has 0 aliphatic carbocycles. The fraction of sp³-hybridized carbons (Fsp3) is 0.0833. The minimum absolute atomic E-state index is 0.217. The highest BCUT2D eigenvalue weighted by Crippen LogP contribution is 2.37. The van der Waals surface area contributed by atoms with Crippen molar-refractivity contribution in [2.75, 3.05) is 12.8 Å². The lowest BCUT2D eigenvalue weighted by atomic mass is 10.2. The van der Waals surface area contributed by atoms with E-state index >= 15 is 0 Å². The van der Waals surface area contributed by atoms with Gasteiger partial charge in [0, 0.05) is 10.8 Å². The van der Waals surface area contributed by atoms with Gasteiger partial charge in [0.25, 0.3) is 10.1 Å². The topological polar surface area (TPSA) is 116 Å². The van der Waals surface area contributed by atoms with E-state index in [0.29, 0.717) is 22.3 Å². The molecule has 0 saturated heterocycles. The van der Waals surface area contributed by atoms with Crippen molar-refractivity contribution in [2.45, 2.75) is 4.90 Å². The van der Waals surface area contributed by atoms with E-state index in [1.165, 1.54) is 36.6 Å². The third kappa shape index (κ3) is 2.35. The molecule has 1 aromatic carbocycles. The van der Waals surface area contributed by atoms with Gasteiger partial charge in [-0.25, -0.2) is 4.98 Å². The number of nitrogens with zero attached hydrogens (tertiary/aromatic N) is 1. The van der Waals surface area contributed by atoms with Crippen LogP contribution in [0.1, 0.15) is 0 Å². The van der Waals surface area contributed by atoms with Crippen LogP contribution in [0.15, 0.2) is 32.9 Å². The third-order valence-corrected chi connectivity index (χ3v) is 4.47. The molecule has 0 bridgehead atoms. The second-order valence-corrected chi connectivity index (χ2v) is 6.45. The second kappa shape index (κ2) is 4.72. The summed E-state index contributed by atoms with van der Waals surface area (Å²) in [5.41, 5.74) is 6.27. The van der Waals surface area contributed by atoms with Crippen molar-refractivity contribution >= 4 is 37.6 Å². The summed E-state index contributed by atoms with van der Waals surface area (Å²) in [5.74, 6) is 0.694. The van der Waals surface area contributed by atoms with E-state index in [-0.39, 0.29) is 15.9 Å². The van der Waals surface area contributed by atoms with E-state index in [9.17, 15) is 13.0 Å². The summed E-state index contributed by atoms with van der Waals surface area (Å²) in [4.78, 5) is 3.82. The molecule has 0 radical (unpaired) electrons. The van der Waals surface area contributed by atoms with Crippen molar-refractivity contribution in [3.8, 4) is 17.2 Å². The molecule has 110 valence electrons. The molecule has 2 aromatic heterocycles. The van der Waals surface area contributed by atoms with Gasteiger partial charge in [-0.3, -0.25) is 4.55 Å². The maximum atomic E-state index is 11.4. The Morgan fingerprint density at radius 2 is 2.19 bits per heavy atom. The van der Waals surface area contributed by atoms with Crippen molar-refractivity contribution < 1.29 is 22.1 Å². The molecule has 0 amide bonds. The van der Waals surface area contributed by atoms with Crippen LogP contribution in [-0.2, 0) is 10.1 Å². The summed E-state index contributed by atoms with van der Waals surface area (Å²) in [5, 5.41) is 2.28. The molecule has 0 saturated carbocycles. The molecule has 2 heterocycles. The second-order valence-electron chi connectivity index (χ2n) is 4.17. The van der Waals surface area contributed by atoms with Gasteiger partial charge in [0.1, 0.15) is 10.6 Å². The summed E-state index contributed by atoms with van der Waals surface area (Å²) in [6.07, 6.45) is 0. The Labute approximate surface area is 123 Å². The number of nitrogen functional groups attached to an aromatic ring is 1. The van der Waals surface area contributed by atoms with Gasteiger partial charge in [0.05, 0.1) is 7.11 Å². The van der Waals surface area contributed by atoms with E-state index in [2.05, 4.69) is 4.98 Å². The van der Waals surface area contributed by atoms with Crippen molar-refractivity contribution in [2.24, 2.45) is 0 Å². The lowest BCUT2D eigenvalue weighted by molar-refractivity contribution is 0.410. The number of thiazole rings is 1. The zero-order valence-corrected chi connectivity index (χ0v) is 12.4. The van der Waals surface area contributed by atoms with Crippen LogP contribution in [-0.4, -0.2) is 25.1 Å². The average molecular weight is 326 g/mol. The number of ether oxygens (including phenoxy) is 1. The van der Waals surface area contributed by atoms with Crippen LogP contribution in [0.2, 0.25) is 0 Å². The lowest BCUT2D eigenvalue weighted by Crippen LogP contribution is -1.98. The van der Waals surface area contributed by atoms with E-state index in [4.69, 9.17) is 14.9 Å². The van der Waals surface area contributed by atoms with Crippen molar-refractivity contribution in [3.63, 3.8) is 0 Å². The van der Waals surface area contributed by atoms with E-state index < -0.39 is 10.1 Å². The number of hydrogen-bond acceptors (Lipinski definition) is 7. The van der Waals surface area contributed by atoms with Gasteiger partial charge in [-0.05, 0) is 18.2 Å². The number of methoxy groups -OCH3 is 1. The molecule has 9 heteroatoms. The molecule has 7 nitrogen and oxygen atoms in total. The van der Waals surface area contributed by atoms with Crippen LogP contribution in [0.3, 0.4) is 0 Å². The number of hydrogen-bond donors (Lipinski definition) is 2. The molecule has 21 heavy (non-hydrogen) atoms. The summed E-state index contributed by atoms with van der Waals surface area (Å²) < 4.78 is 42.9. The summed E-state index contributed by atoms with van der Waals surface area (Å²) >= 11 is 1.24. The molecule has 3 aromatic rings. The van der Waals surface area contributed by atoms with Gasteiger partial charge < -0.3 is 14.9 Å². The molecule has 0 unspecified atom stereocenters. The normalized spacial score (nSPS) is 11.9. The van der Waals surface area contributed by atoms with Crippen LogP contribution in [0.25, 0.3) is 22.4 Å². The number of furan rings is 1. The predicted octanol–water partition coefficient (Wildman–Crippen LogP) is 2.39. The minimum Gasteiger partial charge on any atom is -0.493 e. The van der Waals surface area contributed by atoms with Gasteiger partial charge >= 0.3 is 0 Å². The van der Waals surface area contributed by atoms with Gasteiger partial charge in [-0.2, -0.15) is 8.42 Å². The van der Waals surface area contributed by atoms with E-state index in [0.717, 1.165) is 0 Å². The first-order valence-electron chi connectivity index (χ1n) is 5.69. The zero-order valence-electron chi connectivity index (χ0n) is 10.7. The first-order chi connectivity index (χ1) is 9.90. The quantitative estimate of drug-likeness (QED) is 0.710. The van der Waals surface area contributed by atoms with Gasteiger partial charge in [0.15, 0.2) is 22.2 Å². The van der Waals surface area contributed by atoms with Gasteiger partial charge in [-0.15, -0.1) is 11.3 Å². The first-order valence-corrected chi connectivity index (χ1v) is 8.01. The van der Waals surface area contributed by atoms with E-state index in [1.54, 1.807) is 5.38 Å². The fourth-order valence-electron chi connectivity index (χ4n) is 1.99. The summed E-state index contributed by atoms with van der Waals surface area (Å²) in [7, 11) is -2.94.